The van der Waals surface area contributed by atoms with Crippen LogP contribution in [0.25, 0.3) is 0 Å². The van der Waals surface area contributed by atoms with E-state index in [0.29, 0.717) is 6.04 Å². The van der Waals surface area contributed by atoms with Gasteiger partial charge in [-0.25, -0.2) is 9.67 Å². The average molecular weight is 271 g/mol. The van der Waals surface area contributed by atoms with Crippen LogP contribution in [0.2, 0.25) is 0 Å². The lowest BCUT2D eigenvalue weighted by Crippen LogP contribution is -2.34. The molecule has 0 N–H and O–H groups in total. The quantitative estimate of drug-likeness (QED) is 0.857. The third-order valence-corrected chi connectivity index (χ3v) is 3.98. The van der Waals surface area contributed by atoms with Gasteiger partial charge < -0.3 is 0 Å². The molecule has 0 saturated carbocycles. The average Bonchev–Trinajstić information content (AvgIpc) is 2.96. The number of nitrogens with zero attached hydrogens (tertiary/aromatic N) is 5. The molecule has 0 spiro atoms. The van der Waals surface area contributed by atoms with E-state index in [1.54, 1.807) is 6.33 Å². The van der Waals surface area contributed by atoms with Crippen LogP contribution in [0.3, 0.4) is 0 Å². The summed E-state index contributed by atoms with van der Waals surface area (Å²) in [6.07, 6.45) is 7.24. The third-order valence-electron chi connectivity index (χ3n) is 3.98. The first-order chi connectivity index (χ1) is 9.88. The molecule has 3 heterocycles. The smallest absolute Gasteiger partial charge is 0.141 e. The fourth-order valence-electron chi connectivity index (χ4n) is 2.94. The Morgan fingerprint density at radius 3 is 3.00 bits per heavy atom. The fraction of sp³-hybridized carbons (Fsp3) is 0.533. The number of piperidine rings is 1. The summed E-state index contributed by atoms with van der Waals surface area (Å²) in [6.45, 7) is 4.94. The highest BCUT2D eigenvalue weighted by atomic mass is 15.3. The van der Waals surface area contributed by atoms with Crippen LogP contribution < -0.4 is 0 Å². The van der Waals surface area contributed by atoms with Gasteiger partial charge in [-0.3, -0.25) is 9.88 Å². The second-order valence-corrected chi connectivity index (χ2v) is 5.23. The number of pyridine rings is 1. The molecule has 1 saturated heterocycles. The Morgan fingerprint density at radius 1 is 1.25 bits per heavy atom. The molecule has 0 radical (unpaired) electrons. The first kappa shape index (κ1) is 13.2. The minimum atomic E-state index is 0.409. The first-order valence-electron chi connectivity index (χ1n) is 7.40. The predicted octanol–water partition coefficient (Wildman–Crippen LogP) is 2.42. The SMILES string of the molecule is CCn1ncnc1CN1CCCC[C@H]1c1ccccn1. The maximum Gasteiger partial charge on any atom is 0.141 e. The fourth-order valence-corrected chi connectivity index (χ4v) is 2.94. The molecule has 1 fully saturated rings. The molecule has 0 unspecified atom stereocenters. The highest BCUT2D eigenvalue weighted by molar-refractivity contribution is 5.10. The Balaban J connectivity index is 1.79. The van der Waals surface area contributed by atoms with Crippen molar-refractivity contribution in [2.75, 3.05) is 6.54 Å². The van der Waals surface area contributed by atoms with Crippen molar-refractivity contribution in [3.8, 4) is 0 Å². The highest BCUT2D eigenvalue weighted by Gasteiger charge is 2.25. The number of aryl methyl sites for hydroxylation is 1. The van der Waals surface area contributed by atoms with Crippen LogP contribution in [-0.4, -0.2) is 31.2 Å². The second kappa shape index (κ2) is 6.13. The van der Waals surface area contributed by atoms with E-state index < -0.39 is 0 Å². The van der Waals surface area contributed by atoms with Crippen molar-refractivity contribution < 1.29 is 0 Å². The van der Waals surface area contributed by atoms with Crippen LogP contribution in [0, 0.1) is 0 Å². The summed E-state index contributed by atoms with van der Waals surface area (Å²) < 4.78 is 1.98. The molecule has 1 aliphatic heterocycles. The van der Waals surface area contributed by atoms with Crippen LogP contribution >= 0.6 is 0 Å². The van der Waals surface area contributed by atoms with Crippen molar-refractivity contribution in [3.63, 3.8) is 0 Å². The monoisotopic (exact) mass is 271 g/mol. The number of hydrogen-bond donors (Lipinski definition) is 0. The van der Waals surface area contributed by atoms with E-state index in [0.717, 1.165) is 25.5 Å². The summed E-state index contributed by atoms with van der Waals surface area (Å²) in [5, 5.41) is 4.26. The largest absolute Gasteiger partial charge is 0.287 e. The number of aromatic nitrogens is 4. The molecule has 106 valence electrons. The van der Waals surface area contributed by atoms with Gasteiger partial charge in [-0.2, -0.15) is 5.10 Å². The van der Waals surface area contributed by atoms with E-state index in [1.807, 2.05) is 16.9 Å². The maximum absolute atomic E-state index is 4.54. The predicted molar refractivity (Wildman–Crippen MR) is 76.9 cm³/mol. The molecule has 0 aliphatic carbocycles. The normalized spacial score (nSPS) is 20.1. The van der Waals surface area contributed by atoms with Crippen LogP contribution in [0.15, 0.2) is 30.7 Å². The van der Waals surface area contributed by atoms with Gasteiger partial charge in [0.25, 0.3) is 0 Å². The lowest BCUT2D eigenvalue weighted by molar-refractivity contribution is 0.131. The molecule has 3 rings (SSSR count). The molecule has 5 heteroatoms. The van der Waals surface area contributed by atoms with E-state index in [9.17, 15) is 0 Å². The van der Waals surface area contributed by atoms with Crippen molar-refractivity contribution in [3.05, 3.63) is 42.2 Å². The lowest BCUT2D eigenvalue weighted by Gasteiger charge is -2.34. The topological polar surface area (TPSA) is 46.8 Å². The van der Waals surface area contributed by atoms with Gasteiger partial charge in [0.05, 0.1) is 18.3 Å². The summed E-state index contributed by atoms with van der Waals surface area (Å²) in [5.74, 6) is 1.05. The molecule has 1 atom stereocenters. The van der Waals surface area contributed by atoms with Gasteiger partial charge >= 0.3 is 0 Å². The van der Waals surface area contributed by atoms with Crippen LogP contribution in [-0.2, 0) is 13.1 Å². The van der Waals surface area contributed by atoms with E-state index in [4.69, 9.17) is 0 Å². The van der Waals surface area contributed by atoms with Crippen molar-refractivity contribution >= 4 is 0 Å². The van der Waals surface area contributed by atoms with Gasteiger partial charge in [0, 0.05) is 12.7 Å². The first-order valence-corrected chi connectivity index (χ1v) is 7.40. The van der Waals surface area contributed by atoms with Crippen LogP contribution in [0.1, 0.15) is 43.7 Å². The van der Waals surface area contributed by atoms with Gasteiger partial charge in [-0.05, 0) is 38.4 Å². The molecule has 2 aromatic heterocycles. The highest BCUT2D eigenvalue weighted by Crippen LogP contribution is 2.30. The van der Waals surface area contributed by atoms with Gasteiger partial charge in [0.15, 0.2) is 0 Å². The molecule has 1 aliphatic rings. The van der Waals surface area contributed by atoms with E-state index in [2.05, 4.69) is 39.0 Å². The van der Waals surface area contributed by atoms with Crippen molar-refractivity contribution in [1.29, 1.82) is 0 Å². The molecule has 0 bridgehead atoms. The summed E-state index contributed by atoms with van der Waals surface area (Å²) in [6, 6.07) is 6.59. The van der Waals surface area contributed by atoms with Gasteiger partial charge in [-0.15, -0.1) is 0 Å². The van der Waals surface area contributed by atoms with Gasteiger partial charge in [0.1, 0.15) is 12.2 Å². The Kier molecular flexibility index (Phi) is 4.06. The molecule has 0 aromatic carbocycles. The molecular formula is C15H21N5. The molecule has 2 aromatic rings. The minimum absolute atomic E-state index is 0.409. The summed E-state index contributed by atoms with van der Waals surface area (Å²) in [7, 11) is 0. The maximum atomic E-state index is 4.54. The zero-order valence-electron chi connectivity index (χ0n) is 11.9. The Hall–Kier alpha value is -1.75. The second-order valence-electron chi connectivity index (χ2n) is 5.23. The van der Waals surface area contributed by atoms with Crippen LogP contribution in [0.5, 0.6) is 0 Å². The zero-order chi connectivity index (χ0) is 13.8. The van der Waals surface area contributed by atoms with Crippen LogP contribution in [0.4, 0.5) is 0 Å². The molecule has 5 nitrogen and oxygen atoms in total. The van der Waals surface area contributed by atoms with Crippen molar-refractivity contribution in [2.24, 2.45) is 0 Å². The Bertz CT molecular complexity index is 536. The lowest BCUT2D eigenvalue weighted by atomic mass is 9.99. The summed E-state index contributed by atoms with van der Waals surface area (Å²) in [5.41, 5.74) is 1.18. The van der Waals surface area contributed by atoms with E-state index >= 15 is 0 Å². The summed E-state index contributed by atoms with van der Waals surface area (Å²) >= 11 is 0. The number of hydrogen-bond acceptors (Lipinski definition) is 4. The van der Waals surface area contributed by atoms with Crippen molar-refractivity contribution in [1.82, 2.24) is 24.6 Å². The van der Waals surface area contributed by atoms with Gasteiger partial charge in [0.2, 0.25) is 0 Å². The third kappa shape index (κ3) is 2.72. The number of likely N-dealkylation sites (tertiary alicyclic amines) is 1. The van der Waals surface area contributed by atoms with Crippen molar-refractivity contribution in [2.45, 2.75) is 45.3 Å². The Morgan fingerprint density at radius 2 is 2.20 bits per heavy atom. The van der Waals surface area contributed by atoms with E-state index in [1.165, 1.54) is 25.0 Å². The summed E-state index contributed by atoms with van der Waals surface area (Å²) in [4.78, 5) is 11.4. The van der Waals surface area contributed by atoms with Gasteiger partial charge in [-0.1, -0.05) is 12.5 Å². The standard InChI is InChI=1S/C15H21N5/c1-2-20-15(17-12-18-20)11-19-10-6-4-8-14(19)13-7-3-5-9-16-13/h3,5,7,9,12,14H,2,4,6,8,10-11H2,1H3/t14-/m0/s1. The number of rotatable bonds is 4. The minimum Gasteiger partial charge on any atom is -0.287 e. The molecular weight excluding hydrogens is 250 g/mol. The molecule has 20 heavy (non-hydrogen) atoms. The molecule has 0 amide bonds. The zero-order valence-corrected chi connectivity index (χ0v) is 11.9. The van der Waals surface area contributed by atoms with E-state index in [-0.39, 0.29) is 0 Å². The Labute approximate surface area is 119 Å².